The second kappa shape index (κ2) is 5.02. The Balaban J connectivity index is 2.18. The summed E-state index contributed by atoms with van der Waals surface area (Å²) in [6.07, 6.45) is -0.653. The number of hydrogen-bond donors (Lipinski definition) is 1. The van der Waals surface area contributed by atoms with E-state index < -0.39 is 17.8 Å². The van der Waals surface area contributed by atoms with Gasteiger partial charge in [-0.05, 0) is 18.2 Å². The van der Waals surface area contributed by atoms with Crippen molar-refractivity contribution >= 4 is 11.6 Å². The van der Waals surface area contributed by atoms with E-state index >= 15 is 0 Å². The van der Waals surface area contributed by atoms with Gasteiger partial charge in [0.1, 0.15) is 5.82 Å². The van der Waals surface area contributed by atoms with E-state index in [1.807, 2.05) is 6.07 Å². The van der Waals surface area contributed by atoms with Crippen molar-refractivity contribution in [1.82, 2.24) is 4.90 Å². The van der Waals surface area contributed by atoms with Gasteiger partial charge in [-0.3, -0.25) is 4.79 Å². The summed E-state index contributed by atoms with van der Waals surface area (Å²) in [6, 6.07) is 5.86. The van der Waals surface area contributed by atoms with E-state index in [2.05, 4.69) is 0 Å². The van der Waals surface area contributed by atoms with Crippen molar-refractivity contribution in [2.75, 3.05) is 25.4 Å². The van der Waals surface area contributed by atoms with E-state index in [1.165, 1.54) is 17.0 Å². The van der Waals surface area contributed by atoms with E-state index in [0.29, 0.717) is 6.54 Å². The minimum Gasteiger partial charge on any atom is -0.399 e. The molecule has 0 saturated carbocycles. The molecule has 1 atom stereocenters. The Morgan fingerprint density at radius 1 is 1.61 bits per heavy atom. The first kappa shape index (κ1) is 12.3. The van der Waals surface area contributed by atoms with Crippen LogP contribution in [0, 0.1) is 17.1 Å². The number of morpholine rings is 1. The van der Waals surface area contributed by atoms with Gasteiger partial charge in [-0.1, -0.05) is 0 Å². The maximum Gasteiger partial charge on any atom is 0.257 e. The first-order chi connectivity index (χ1) is 8.61. The topological polar surface area (TPSA) is 79.4 Å². The summed E-state index contributed by atoms with van der Waals surface area (Å²) < 4.78 is 18.7. The van der Waals surface area contributed by atoms with E-state index in [4.69, 9.17) is 15.7 Å². The van der Waals surface area contributed by atoms with Crippen LogP contribution in [0.15, 0.2) is 18.2 Å². The fraction of sp³-hybridized carbons (Fsp3) is 0.333. The summed E-state index contributed by atoms with van der Waals surface area (Å²) in [6.45, 7) is 0.778. The van der Waals surface area contributed by atoms with Gasteiger partial charge < -0.3 is 15.4 Å². The van der Waals surface area contributed by atoms with Crippen molar-refractivity contribution in [2.45, 2.75) is 6.10 Å². The molecule has 2 rings (SSSR count). The number of benzene rings is 1. The summed E-state index contributed by atoms with van der Waals surface area (Å²) in [5, 5.41) is 8.75. The van der Waals surface area contributed by atoms with Crippen molar-refractivity contribution in [2.24, 2.45) is 0 Å². The fourth-order valence-corrected chi connectivity index (χ4v) is 1.79. The zero-order valence-electron chi connectivity index (χ0n) is 9.60. The second-order valence-corrected chi connectivity index (χ2v) is 3.98. The number of anilines is 1. The molecule has 6 heteroatoms. The van der Waals surface area contributed by atoms with Crippen LogP contribution in [0.3, 0.4) is 0 Å². The van der Waals surface area contributed by atoms with E-state index in [1.54, 1.807) is 0 Å². The monoisotopic (exact) mass is 249 g/mol. The molecule has 1 amide bonds. The lowest BCUT2D eigenvalue weighted by molar-refractivity contribution is 0.00326. The average molecular weight is 249 g/mol. The van der Waals surface area contributed by atoms with Crippen molar-refractivity contribution in [3.05, 3.63) is 29.6 Å². The standard InChI is InChI=1S/C12H12FN3O2/c13-11-5-8(15)1-2-10(11)12(17)16-3-4-18-9(6-14)7-16/h1-2,5,9H,3-4,7,15H2. The normalized spacial score (nSPS) is 19.3. The van der Waals surface area contributed by atoms with Crippen LogP contribution in [0.4, 0.5) is 10.1 Å². The second-order valence-electron chi connectivity index (χ2n) is 3.98. The van der Waals surface area contributed by atoms with Crippen LogP contribution in [0.5, 0.6) is 0 Å². The SMILES string of the molecule is N#CC1CN(C(=O)c2ccc(N)cc2F)CCO1. The van der Waals surface area contributed by atoms with Crippen LogP contribution in [0.1, 0.15) is 10.4 Å². The quantitative estimate of drug-likeness (QED) is 0.746. The van der Waals surface area contributed by atoms with Crippen LogP contribution in [-0.2, 0) is 4.74 Å². The molecular weight excluding hydrogens is 237 g/mol. The molecule has 1 heterocycles. The number of ether oxygens (including phenoxy) is 1. The van der Waals surface area contributed by atoms with Crippen molar-refractivity contribution < 1.29 is 13.9 Å². The molecule has 0 radical (unpaired) electrons. The van der Waals surface area contributed by atoms with Crippen molar-refractivity contribution in [3.63, 3.8) is 0 Å². The molecule has 1 aromatic carbocycles. The molecule has 1 aliphatic heterocycles. The number of carbonyl (C=O) groups excluding carboxylic acids is 1. The lowest BCUT2D eigenvalue weighted by atomic mass is 10.1. The van der Waals surface area contributed by atoms with Gasteiger partial charge in [-0.25, -0.2) is 4.39 Å². The maximum absolute atomic E-state index is 13.6. The highest BCUT2D eigenvalue weighted by Crippen LogP contribution is 2.16. The molecule has 1 aromatic rings. The molecule has 0 bridgehead atoms. The smallest absolute Gasteiger partial charge is 0.257 e. The average Bonchev–Trinajstić information content (AvgIpc) is 2.38. The van der Waals surface area contributed by atoms with E-state index in [9.17, 15) is 9.18 Å². The van der Waals surface area contributed by atoms with Crippen molar-refractivity contribution in [3.8, 4) is 6.07 Å². The third kappa shape index (κ3) is 2.41. The largest absolute Gasteiger partial charge is 0.399 e. The Morgan fingerprint density at radius 2 is 2.39 bits per heavy atom. The molecule has 0 aliphatic carbocycles. The van der Waals surface area contributed by atoms with E-state index in [0.717, 1.165) is 6.07 Å². The Labute approximate surface area is 104 Å². The lowest BCUT2D eigenvalue weighted by Gasteiger charge is -2.29. The number of nitrogen functional groups attached to an aromatic ring is 1. The van der Waals surface area contributed by atoms with Crippen LogP contribution < -0.4 is 5.73 Å². The Kier molecular flexibility index (Phi) is 3.44. The number of hydrogen-bond acceptors (Lipinski definition) is 4. The molecule has 1 aliphatic rings. The van der Waals surface area contributed by atoms with Gasteiger partial charge in [0.05, 0.1) is 24.8 Å². The van der Waals surface area contributed by atoms with E-state index in [-0.39, 0.29) is 24.4 Å². The number of nitrogens with two attached hydrogens (primary N) is 1. The molecule has 0 aromatic heterocycles. The molecule has 1 fully saturated rings. The summed E-state index contributed by atoms with van der Waals surface area (Å²) in [4.78, 5) is 13.5. The third-order valence-electron chi connectivity index (χ3n) is 2.72. The van der Waals surface area contributed by atoms with Gasteiger partial charge in [0.15, 0.2) is 6.10 Å². The van der Waals surface area contributed by atoms with Crippen LogP contribution in [0.25, 0.3) is 0 Å². The highest BCUT2D eigenvalue weighted by molar-refractivity contribution is 5.95. The summed E-state index contributed by atoms with van der Waals surface area (Å²) in [5.74, 6) is -1.10. The van der Waals surface area contributed by atoms with Gasteiger partial charge >= 0.3 is 0 Å². The lowest BCUT2D eigenvalue weighted by Crippen LogP contribution is -2.45. The molecule has 0 spiro atoms. The number of nitrogens with zero attached hydrogens (tertiary/aromatic N) is 2. The van der Waals surface area contributed by atoms with Gasteiger partial charge in [0, 0.05) is 12.2 Å². The summed E-state index contributed by atoms with van der Waals surface area (Å²) in [7, 11) is 0. The van der Waals surface area contributed by atoms with Crippen LogP contribution in [-0.4, -0.2) is 36.6 Å². The number of nitriles is 1. The van der Waals surface area contributed by atoms with Crippen LogP contribution >= 0.6 is 0 Å². The summed E-state index contributed by atoms with van der Waals surface area (Å²) >= 11 is 0. The zero-order chi connectivity index (χ0) is 13.1. The Bertz CT molecular complexity index is 513. The van der Waals surface area contributed by atoms with Gasteiger partial charge in [-0.15, -0.1) is 0 Å². The molecular formula is C12H12FN3O2. The molecule has 1 saturated heterocycles. The summed E-state index contributed by atoms with van der Waals surface area (Å²) in [5.41, 5.74) is 5.65. The predicted molar refractivity (Wildman–Crippen MR) is 62.1 cm³/mol. The zero-order valence-corrected chi connectivity index (χ0v) is 9.60. The first-order valence-corrected chi connectivity index (χ1v) is 5.47. The number of amides is 1. The molecule has 94 valence electrons. The molecule has 5 nitrogen and oxygen atoms in total. The fourth-order valence-electron chi connectivity index (χ4n) is 1.79. The first-order valence-electron chi connectivity index (χ1n) is 5.47. The Hall–Kier alpha value is -2.13. The third-order valence-corrected chi connectivity index (χ3v) is 2.72. The molecule has 2 N–H and O–H groups in total. The molecule has 1 unspecified atom stereocenters. The highest BCUT2D eigenvalue weighted by Gasteiger charge is 2.26. The van der Waals surface area contributed by atoms with Crippen LogP contribution in [0.2, 0.25) is 0 Å². The van der Waals surface area contributed by atoms with Gasteiger partial charge in [0.2, 0.25) is 0 Å². The Morgan fingerprint density at radius 3 is 3.06 bits per heavy atom. The highest BCUT2D eigenvalue weighted by atomic mass is 19.1. The van der Waals surface area contributed by atoms with Crippen molar-refractivity contribution in [1.29, 1.82) is 5.26 Å². The number of rotatable bonds is 1. The van der Waals surface area contributed by atoms with Gasteiger partial charge in [-0.2, -0.15) is 5.26 Å². The molecule has 18 heavy (non-hydrogen) atoms. The van der Waals surface area contributed by atoms with Gasteiger partial charge in [0.25, 0.3) is 5.91 Å². The number of carbonyl (C=O) groups is 1. The minimum atomic E-state index is -0.653. The minimum absolute atomic E-state index is 0.0391. The number of halogens is 1. The maximum atomic E-state index is 13.6. The predicted octanol–water partition coefficient (Wildman–Crippen LogP) is 0.772.